The molecule has 17 heavy (non-hydrogen) atoms. The molecule has 1 heterocycles. The molecule has 0 aliphatic carbocycles. The lowest BCUT2D eigenvalue weighted by molar-refractivity contribution is -0.115. The highest BCUT2D eigenvalue weighted by Crippen LogP contribution is 2.19. The minimum absolute atomic E-state index is 0.180. The summed E-state index contributed by atoms with van der Waals surface area (Å²) in [5.74, 6) is -0.180. The molecule has 0 bridgehead atoms. The highest BCUT2D eigenvalue weighted by Gasteiger charge is 2.07. The summed E-state index contributed by atoms with van der Waals surface area (Å²) in [7, 11) is 0. The fourth-order valence-electron chi connectivity index (χ4n) is 1.29. The van der Waals surface area contributed by atoms with Crippen molar-refractivity contribution in [2.75, 3.05) is 5.32 Å². The number of anilines is 1. The lowest BCUT2D eigenvalue weighted by Gasteiger charge is -2.03. The number of hydrogen-bond acceptors (Lipinski definition) is 4. The highest BCUT2D eigenvalue weighted by atomic mass is 35.5. The second kappa shape index (κ2) is 5.44. The number of amides is 1. The molecular weight excluding hydrogens is 281 g/mol. The third-order valence-electron chi connectivity index (χ3n) is 1.89. The zero-order valence-electron chi connectivity index (χ0n) is 8.48. The number of hydrogen-bond donors (Lipinski definition) is 1. The SMILES string of the molecule is O=C(Cc1cc(Cl)cc(Cl)c1)Nc1nncs1. The number of halogens is 2. The van der Waals surface area contributed by atoms with E-state index in [0.29, 0.717) is 15.2 Å². The van der Waals surface area contributed by atoms with E-state index in [2.05, 4.69) is 15.5 Å². The molecule has 1 amide bonds. The largest absolute Gasteiger partial charge is 0.300 e. The number of nitrogens with zero attached hydrogens (tertiary/aromatic N) is 2. The molecular formula is C10H7Cl2N3OS. The van der Waals surface area contributed by atoms with Gasteiger partial charge in [0.2, 0.25) is 11.0 Å². The summed E-state index contributed by atoms with van der Waals surface area (Å²) in [6, 6.07) is 5.02. The van der Waals surface area contributed by atoms with Gasteiger partial charge in [0, 0.05) is 10.0 Å². The molecule has 0 saturated carbocycles. The van der Waals surface area contributed by atoms with Crippen LogP contribution in [0, 0.1) is 0 Å². The third kappa shape index (κ3) is 3.66. The van der Waals surface area contributed by atoms with Gasteiger partial charge >= 0.3 is 0 Å². The Morgan fingerprint density at radius 3 is 2.59 bits per heavy atom. The quantitative estimate of drug-likeness (QED) is 0.944. The first kappa shape index (κ1) is 12.3. The third-order valence-corrected chi connectivity index (χ3v) is 2.94. The summed E-state index contributed by atoms with van der Waals surface area (Å²) >= 11 is 12.9. The van der Waals surface area contributed by atoms with Crippen LogP contribution >= 0.6 is 34.5 Å². The van der Waals surface area contributed by atoms with Crippen LogP contribution in [0.3, 0.4) is 0 Å². The Balaban J connectivity index is 2.03. The molecule has 0 saturated heterocycles. The van der Waals surface area contributed by atoms with Gasteiger partial charge in [-0.15, -0.1) is 10.2 Å². The van der Waals surface area contributed by atoms with Gasteiger partial charge in [-0.05, 0) is 23.8 Å². The van der Waals surface area contributed by atoms with Gasteiger partial charge < -0.3 is 5.32 Å². The maximum atomic E-state index is 11.6. The van der Waals surface area contributed by atoms with Gasteiger partial charge in [0.1, 0.15) is 5.51 Å². The number of nitrogens with one attached hydrogen (secondary N) is 1. The second-order valence-electron chi connectivity index (χ2n) is 3.25. The standard InChI is InChI=1S/C10H7Cl2N3OS/c11-7-1-6(2-8(12)4-7)3-9(16)14-10-15-13-5-17-10/h1-2,4-5H,3H2,(H,14,15,16). The smallest absolute Gasteiger partial charge is 0.230 e. The van der Waals surface area contributed by atoms with Crippen molar-refractivity contribution in [1.29, 1.82) is 0 Å². The minimum Gasteiger partial charge on any atom is -0.300 e. The van der Waals surface area contributed by atoms with Gasteiger partial charge in [0.15, 0.2) is 0 Å². The maximum Gasteiger partial charge on any atom is 0.230 e. The predicted octanol–water partition coefficient (Wildman–Crippen LogP) is 3.03. The van der Waals surface area contributed by atoms with E-state index < -0.39 is 0 Å². The van der Waals surface area contributed by atoms with E-state index in [1.54, 1.807) is 23.7 Å². The van der Waals surface area contributed by atoms with Gasteiger partial charge in [-0.3, -0.25) is 4.79 Å². The molecule has 0 fully saturated rings. The maximum absolute atomic E-state index is 11.6. The van der Waals surface area contributed by atoms with Gasteiger partial charge in [-0.25, -0.2) is 0 Å². The minimum atomic E-state index is -0.180. The van der Waals surface area contributed by atoms with Crippen molar-refractivity contribution in [3.05, 3.63) is 39.3 Å². The number of benzene rings is 1. The van der Waals surface area contributed by atoms with E-state index in [0.717, 1.165) is 5.56 Å². The van der Waals surface area contributed by atoms with E-state index in [1.165, 1.54) is 11.3 Å². The molecule has 0 aliphatic heterocycles. The van der Waals surface area contributed by atoms with Crippen molar-refractivity contribution in [1.82, 2.24) is 10.2 Å². The average Bonchev–Trinajstić information content (AvgIpc) is 2.67. The monoisotopic (exact) mass is 287 g/mol. The van der Waals surface area contributed by atoms with Gasteiger partial charge in [-0.2, -0.15) is 0 Å². The summed E-state index contributed by atoms with van der Waals surface area (Å²) in [5.41, 5.74) is 2.30. The Morgan fingerprint density at radius 2 is 2.00 bits per heavy atom. The van der Waals surface area contributed by atoms with Gasteiger partial charge in [0.25, 0.3) is 0 Å². The summed E-state index contributed by atoms with van der Waals surface area (Å²) in [4.78, 5) is 11.6. The molecule has 1 aromatic heterocycles. The topological polar surface area (TPSA) is 54.9 Å². The fraction of sp³-hybridized carbons (Fsp3) is 0.100. The van der Waals surface area contributed by atoms with Gasteiger partial charge in [0.05, 0.1) is 6.42 Å². The van der Waals surface area contributed by atoms with Crippen LogP contribution in [0.2, 0.25) is 10.0 Å². The zero-order valence-corrected chi connectivity index (χ0v) is 10.8. The molecule has 0 unspecified atom stereocenters. The molecule has 88 valence electrons. The lowest BCUT2D eigenvalue weighted by Crippen LogP contribution is -2.14. The van der Waals surface area contributed by atoms with E-state index >= 15 is 0 Å². The molecule has 0 aliphatic rings. The van der Waals surface area contributed by atoms with Crippen molar-refractivity contribution < 1.29 is 4.79 Å². The normalized spacial score (nSPS) is 10.2. The van der Waals surface area contributed by atoms with Crippen LogP contribution in [0.4, 0.5) is 5.13 Å². The first-order valence-electron chi connectivity index (χ1n) is 4.64. The van der Waals surface area contributed by atoms with Crippen molar-refractivity contribution >= 4 is 45.6 Å². The van der Waals surface area contributed by atoms with E-state index in [1.807, 2.05) is 0 Å². The lowest BCUT2D eigenvalue weighted by atomic mass is 10.1. The molecule has 0 atom stereocenters. The number of rotatable bonds is 3. The molecule has 7 heteroatoms. The highest BCUT2D eigenvalue weighted by molar-refractivity contribution is 7.13. The molecule has 1 N–H and O–H groups in total. The Bertz CT molecular complexity index is 510. The van der Waals surface area contributed by atoms with Crippen LogP contribution in [0.5, 0.6) is 0 Å². The number of carbonyl (C=O) groups is 1. The molecule has 2 aromatic rings. The van der Waals surface area contributed by atoms with Crippen LogP contribution in [0.1, 0.15) is 5.56 Å². The zero-order chi connectivity index (χ0) is 12.3. The predicted molar refractivity (Wildman–Crippen MR) is 68.7 cm³/mol. The number of carbonyl (C=O) groups excluding carboxylic acids is 1. The molecule has 1 aromatic carbocycles. The van der Waals surface area contributed by atoms with Crippen LogP contribution < -0.4 is 5.32 Å². The van der Waals surface area contributed by atoms with Crippen LogP contribution in [-0.2, 0) is 11.2 Å². The van der Waals surface area contributed by atoms with Crippen molar-refractivity contribution in [2.45, 2.75) is 6.42 Å². The first-order valence-corrected chi connectivity index (χ1v) is 6.28. The Labute approximate surface area is 112 Å². The van der Waals surface area contributed by atoms with Crippen molar-refractivity contribution in [3.63, 3.8) is 0 Å². The van der Waals surface area contributed by atoms with Gasteiger partial charge in [-0.1, -0.05) is 34.5 Å². The van der Waals surface area contributed by atoms with E-state index in [9.17, 15) is 4.79 Å². The van der Waals surface area contributed by atoms with E-state index in [-0.39, 0.29) is 12.3 Å². The Morgan fingerprint density at radius 1 is 1.29 bits per heavy atom. The second-order valence-corrected chi connectivity index (χ2v) is 4.95. The molecule has 2 rings (SSSR count). The average molecular weight is 288 g/mol. The summed E-state index contributed by atoms with van der Waals surface area (Å²) < 4.78 is 0. The fourth-order valence-corrected chi connectivity index (χ4v) is 2.32. The van der Waals surface area contributed by atoms with Crippen molar-refractivity contribution in [3.8, 4) is 0 Å². The first-order chi connectivity index (χ1) is 8.13. The molecule has 4 nitrogen and oxygen atoms in total. The van der Waals surface area contributed by atoms with E-state index in [4.69, 9.17) is 23.2 Å². The summed E-state index contributed by atoms with van der Waals surface area (Å²) in [6.07, 6.45) is 0.194. The van der Waals surface area contributed by atoms with Crippen LogP contribution in [0.25, 0.3) is 0 Å². The Kier molecular flexibility index (Phi) is 3.93. The Hall–Kier alpha value is -1.17. The van der Waals surface area contributed by atoms with Crippen LogP contribution in [0.15, 0.2) is 23.7 Å². The summed E-state index contributed by atoms with van der Waals surface area (Å²) in [5, 5.41) is 11.5. The molecule has 0 spiro atoms. The van der Waals surface area contributed by atoms with Crippen LogP contribution in [-0.4, -0.2) is 16.1 Å². The van der Waals surface area contributed by atoms with Crippen molar-refractivity contribution in [2.24, 2.45) is 0 Å². The summed E-state index contributed by atoms with van der Waals surface area (Å²) in [6.45, 7) is 0. The number of aromatic nitrogens is 2. The molecule has 0 radical (unpaired) electrons.